The van der Waals surface area contributed by atoms with Gasteiger partial charge in [-0.3, -0.25) is 14.4 Å². The van der Waals surface area contributed by atoms with E-state index in [9.17, 15) is 14.4 Å². The van der Waals surface area contributed by atoms with Crippen molar-refractivity contribution in [1.29, 1.82) is 0 Å². The van der Waals surface area contributed by atoms with Crippen LogP contribution in [0, 0.1) is 0 Å². The van der Waals surface area contributed by atoms with Crippen molar-refractivity contribution in [3.8, 4) is 0 Å². The number of rotatable bonds is 3. The van der Waals surface area contributed by atoms with Crippen LogP contribution in [0.2, 0.25) is 0 Å². The highest BCUT2D eigenvalue weighted by Crippen LogP contribution is 1.99. The van der Waals surface area contributed by atoms with Crippen LogP contribution in [0.25, 0.3) is 0 Å². The van der Waals surface area contributed by atoms with E-state index in [0.717, 1.165) is 6.33 Å². The van der Waals surface area contributed by atoms with E-state index in [2.05, 4.69) is 30.9 Å². The smallest absolute Gasteiger partial charge is 0.273 e. The minimum absolute atomic E-state index is 0.0833. The lowest BCUT2D eigenvalue weighted by Crippen LogP contribution is -2.18. The molecule has 1 aromatic heterocycles. The number of nitrogens with zero attached hydrogens (tertiary/aromatic N) is 3. The van der Waals surface area contributed by atoms with E-state index in [1.54, 1.807) is 0 Å². The van der Waals surface area contributed by atoms with Crippen molar-refractivity contribution in [3.63, 3.8) is 0 Å². The van der Waals surface area contributed by atoms with Crippen molar-refractivity contribution in [3.05, 3.63) is 16.9 Å². The standard InChI is InChI=1S/C6H2BrN3O3/c7-6-9-2-8-5(10-6)4(13)3(12)1-11/h1-2H. The van der Waals surface area contributed by atoms with Crippen LogP contribution < -0.4 is 0 Å². The fourth-order valence-electron chi connectivity index (χ4n) is 0.549. The van der Waals surface area contributed by atoms with Gasteiger partial charge in [0.25, 0.3) is 11.6 Å². The van der Waals surface area contributed by atoms with Gasteiger partial charge in [0.2, 0.25) is 5.82 Å². The molecule has 7 heteroatoms. The van der Waals surface area contributed by atoms with Gasteiger partial charge in [-0.2, -0.15) is 4.98 Å². The summed E-state index contributed by atoms with van der Waals surface area (Å²) in [6.45, 7) is 0. The van der Waals surface area contributed by atoms with Crippen LogP contribution in [0.1, 0.15) is 10.6 Å². The van der Waals surface area contributed by atoms with Gasteiger partial charge >= 0.3 is 0 Å². The van der Waals surface area contributed by atoms with Crippen molar-refractivity contribution in [2.75, 3.05) is 0 Å². The Kier molecular flexibility index (Phi) is 2.91. The predicted molar refractivity (Wildman–Crippen MR) is 42.9 cm³/mol. The summed E-state index contributed by atoms with van der Waals surface area (Å²) < 4.78 is 0.129. The zero-order valence-corrected chi connectivity index (χ0v) is 7.69. The summed E-state index contributed by atoms with van der Waals surface area (Å²) in [6, 6.07) is 0. The third-order valence-electron chi connectivity index (χ3n) is 1.08. The number of ketones is 2. The monoisotopic (exact) mass is 243 g/mol. The molecular weight excluding hydrogens is 242 g/mol. The van der Waals surface area contributed by atoms with E-state index in [1.807, 2.05) is 0 Å². The molecule has 0 saturated heterocycles. The van der Waals surface area contributed by atoms with E-state index in [1.165, 1.54) is 0 Å². The maximum atomic E-state index is 11.0. The molecule has 66 valence electrons. The summed E-state index contributed by atoms with van der Waals surface area (Å²) >= 11 is 2.89. The van der Waals surface area contributed by atoms with Gasteiger partial charge in [0, 0.05) is 0 Å². The molecule has 6 nitrogen and oxygen atoms in total. The highest BCUT2D eigenvalue weighted by atomic mass is 79.9. The van der Waals surface area contributed by atoms with Crippen molar-refractivity contribution in [2.24, 2.45) is 0 Å². The summed E-state index contributed by atoms with van der Waals surface area (Å²) in [4.78, 5) is 42.0. The van der Waals surface area contributed by atoms with Crippen LogP contribution in [0.5, 0.6) is 0 Å². The first-order valence-electron chi connectivity index (χ1n) is 3.03. The van der Waals surface area contributed by atoms with Gasteiger partial charge in [-0.1, -0.05) is 0 Å². The second-order valence-corrected chi connectivity index (χ2v) is 2.60. The first-order valence-corrected chi connectivity index (χ1v) is 3.83. The summed E-state index contributed by atoms with van der Waals surface area (Å²) in [5.41, 5.74) is 0. The molecule has 1 heterocycles. The van der Waals surface area contributed by atoms with Gasteiger partial charge in [-0.25, -0.2) is 9.97 Å². The number of Topliss-reactive ketones (excluding diaryl/α,β-unsaturated/α-hetero) is 2. The molecule has 13 heavy (non-hydrogen) atoms. The van der Waals surface area contributed by atoms with Crippen LogP contribution >= 0.6 is 15.9 Å². The minimum Gasteiger partial charge on any atom is -0.294 e. The Morgan fingerprint density at radius 2 is 2.08 bits per heavy atom. The number of halogens is 1. The highest BCUT2D eigenvalue weighted by molar-refractivity contribution is 9.10. The second kappa shape index (κ2) is 3.94. The number of carbonyl (C=O) groups is 3. The van der Waals surface area contributed by atoms with Crippen LogP contribution in [0.3, 0.4) is 0 Å². The lowest BCUT2D eigenvalue weighted by Gasteiger charge is -1.92. The zero-order chi connectivity index (χ0) is 9.84. The molecule has 0 amide bonds. The molecule has 0 unspecified atom stereocenters. The van der Waals surface area contributed by atoms with Crippen LogP contribution in [-0.2, 0) is 9.59 Å². The number of hydrogen-bond acceptors (Lipinski definition) is 6. The molecule has 0 atom stereocenters. The molecule has 0 saturated carbocycles. The average Bonchev–Trinajstić information content (AvgIpc) is 2.15. The van der Waals surface area contributed by atoms with Gasteiger partial charge in [0.15, 0.2) is 11.0 Å². The van der Waals surface area contributed by atoms with E-state index in [-0.39, 0.29) is 16.8 Å². The normalized spacial score (nSPS) is 9.31. The Labute approximate surface area is 80.5 Å². The predicted octanol–water partition coefficient (Wildman–Crippen LogP) is -0.415. The molecule has 0 radical (unpaired) electrons. The highest BCUT2D eigenvalue weighted by Gasteiger charge is 2.18. The molecule has 0 spiro atoms. The van der Waals surface area contributed by atoms with E-state index in [0.29, 0.717) is 0 Å². The molecule has 0 aliphatic heterocycles. The van der Waals surface area contributed by atoms with Crippen LogP contribution in [-0.4, -0.2) is 32.8 Å². The van der Waals surface area contributed by atoms with Crippen molar-refractivity contribution < 1.29 is 14.4 Å². The maximum Gasteiger partial charge on any atom is 0.273 e. The van der Waals surface area contributed by atoms with Crippen LogP contribution in [0.4, 0.5) is 0 Å². The molecule has 0 N–H and O–H groups in total. The first kappa shape index (κ1) is 9.59. The fourth-order valence-corrected chi connectivity index (χ4v) is 0.809. The quantitative estimate of drug-likeness (QED) is 0.310. The molecule has 0 fully saturated rings. The number of aromatic nitrogens is 3. The summed E-state index contributed by atoms with van der Waals surface area (Å²) in [6.07, 6.45) is 0.975. The topological polar surface area (TPSA) is 89.9 Å². The lowest BCUT2D eigenvalue weighted by atomic mass is 10.3. The van der Waals surface area contributed by atoms with Gasteiger partial charge in [-0.15, -0.1) is 0 Å². The molecule has 0 aliphatic rings. The number of carbonyl (C=O) groups excluding carboxylic acids is 3. The van der Waals surface area contributed by atoms with Gasteiger partial charge in [0.05, 0.1) is 0 Å². The Hall–Kier alpha value is -1.50. The van der Waals surface area contributed by atoms with Crippen molar-refractivity contribution >= 4 is 33.8 Å². The van der Waals surface area contributed by atoms with Crippen LogP contribution in [0.15, 0.2) is 11.1 Å². The molecule has 0 bridgehead atoms. The van der Waals surface area contributed by atoms with Crippen molar-refractivity contribution in [2.45, 2.75) is 0 Å². The van der Waals surface area contributed by atoms with E-state index >= 15 is 0 Å². The minimum atomic E-state index is -1.18. The third-order valence-corrected chi connectivity index (χ3v) is 1.46. The summed E-state index contributed by atoms with van der Waals surface area (Å²) in [7, 11) is 0. The average molecular weight is 244 g/mol. The van der Waals surface area contributed by atoms with Gasteiger partial charge in [-0.05, 0) is 15.9 Å². The Morgan fingerprint density at radius 3 is 2.62 bits per heavy atom. The number of hydrogen-bond donors (Lipinski definition) is 0. The van der Waals surface area contributed by atoms with Crippen molar-refractivity contribution in [1.82, 2.24) is 15.0 Å². The summed E-state index contributed by atoms with van der Waals surface area (Å²) in [5, 5.41) is 0. The Bertz CT molecular complexity index is 379. The van der Waals surface area contributed by atoms with E-state index < -0.39 is 11.6 Å². The maximum absolute atomic E-state index is 11.0. The largest absolute Gasteiger partial charge is 0.294 e. The van der Waals surface area contributed by atoms with Gasteiger partial charge in [0.1, 0.15) is 6.33 Å². The molecular formula is C6H2BrN3O3. The SMILES string of the molecule is O=CC(=O)C(=O)c1ncnc(Br)n1. The molecule has 0 aromatic carbocycles. The Balaban J connectivity index is 3.02. The lowest BCUT2D eigenvalue weighted by molar-refractivity contribution is -0.126. The summed E-state index contributed by atoms with van der Waals surface area (Å²) in [5.74, 6) is -2.57. The Morgan fingerprint density at radius 1 is 1.38 bits per heavy atom. The molecule has 1 rings (SSSR count). The zero-order valence-electron chi connectivity index (χ0n) is 6.10. The molecule has 0 aliphatic carbocycles. The third kappa shape index (κ3) is 2.22. The fraction of sp³-hybridized carbons (Fsp3) is 0. The number of aldehydes is 1. The first-order chi connectivity index (χ1) is 6.15. The molecule has 1 aromatic rings. The second-order valence-electron chi connectivity index (χ2n) is 1.89. The van der Waals surface area contributed by atoms with E-state index in [4.69, 9.17) is 0 Å². The van der Waals surface area contributed by atoms with Gasteiger partial charge < -0.3 is 0 Å².